The number of benzene rings is 2. The summed E-state index contributed by atoms with van der Waals surface area (Å²) < 4.78 is 36.8. The molecule has 0 aliphatic carbocycles. The predicted molar refractivity (Wildman–Crippen MR) is 113 cm³/mol. The molecule has 8 heteroatoms. The van der Waals surface area contributed by atoms with Crippen LogP contribution in [0.15, 0.2) is 64.0 Å². The summed E-state index contributed by atoms with van der Waals surface area (Å²) in [5.74, 6) is 0.621. The van der Waals surface area contributed by atoms with Crippen molar-refractivity contribution in [1.29, 1.82) is 0 Å². The Kier molecular flexibility index (Phi) is 5.72. The number of ether oxygens (including phenoxy) is 1. The Hall–Kier alpha value is -3.13. The smallest absolute Gasteiger partial charge is 0.424 e. The average Bonchev–Trinajstić information content (AvgIpc) is 3.08. The summed E-state index contributed by atoms with van der Waals surface area (Å²) in [7, 11) is -2.87. The Balaban J connectivity index is 1.93. The second-order valence-electron chi connectivity index (χ2n) is 7.81. The minimum atomic E-state index is -4.05. The average molecular weight is 429 g/mol. The van der Waals surface area contributed by atoms with E-state index >= 15 is 0 Å². The van der Waals surface area contributed by atoms with Crippen LogP contribution in [-0.2, 0) is 14.8 Å². The second-order valence-corrected chi connectivity index (χ2v) is 9.77. The number of rotatable bonds is 4. The highest BCUT2D eigenvalue weighted by molar-refractivity contribution is 7.89. The first-order valence-electron chi connectivity index (χ1n) is 9.35. The molecule has 3 aromatic rings. The zero-order valence-electron chi connectivity index (χ0n) is 17.5. The monoisotopic (exact) mass is 428 g/mol. The van der Waals surface area contributed by atoms with E-state index in [4.69, 9.17) is 9.26 Å². The maximum absolute atomic E-state index is 12.8. The third-order valence-electron chi connectivity index (χ3n) is 4.36. The maximum Gasteiger partial charge on any atom is 0.424 e. The van der Waals surface area contributed by atoms with Crippen LogP contribution in [0.25, 0.3) is 22.4 Å². The van der Waals surface area contributed by atoms with Crippen molar-refractivity contribution in [2.75, 3.05) is 7.05 Å². The first-order chi connectivity index (χ1) is 14.0. The summed E-state index contributed by atoms with van der Waals surface area (Å²) in [5.41, 5.74) is 2.31. The number of carbonyl (C=O) groups excluding carboxylic acids is 1. The standard InChI is InChI=1S/C22H24N2O5S/c1-15-19(20(23-29-15)17-9-7-6-8-10-17)16-11-13-18(14-12-16)30(26,27)24(5)21(25)28-22(2,3)4/h6-14H,1-5H3. The Morgan fingerprint density at radius 1 is 1.00 bits per heavy atom. The van der Waals surface area contributed by atoms with E-state index in [1.54, 1.807) is 39.8 Å². The summed E-state index contributed by atoms with van der Waals surface area (Å²) in [6.45, 7) is 6.82. The molecule has 1 amide bonds. The van der Waals surface area contributed by atoms with Crippen LogP contribution in [-0.4, -0.2) is 36.6 Å². The summed E-state index contributed by atoms with van der Waals surface area (Å²) in [6.07, 6.45) is -0.937. The van der Waals surface area contributed by atoms with Gasteiger partial charge in [-0.3, -0.25) is 0 Å². The topological polar surface area (TPSA) is 89.7 Å². The summed E-state index contributed by atoms with van der Waals surface area (Å²) in [5, 5.41) is 4.16. The van der Waals surface area contributed by atoms with E-state index in [-0.39, 0.29) is 4.90 Å². The number of hydrogen-bond acceptors (Lipinski definition) is 6. The zero-order valence-corrected chi connectivity index (χ0v) is 18.4. The Labute approximate surface area is 176 Å². The van der Waals surface area contributed by atoms with E-state index in [0.29, 0.717) is 15.8 Å². The molecule has 1 aromatic heterocycles. The molecule has 30 heavy (non-hydrogen) atoms. The van der Waals surface area contributed by atoms with Crippen LogP contribution in [0.3, 0.4) is 0 Å². The third kappa shape index (κ3) is 4.38. The molecule has 7 nitrogen and oxygen atoms in total. The molecule has 0 spiro atoms. The van der Waals surface area contributed by atoms with Crippen LogP contribution in [0, 0.1) is 6.92 Å². The first kappa shape index (κ1) is 21.6. The van der Waals surface area contributed by atoms with Crippen LogP contribution in [0.1, 0.15) is 26.5 Å². The van der Waals surface area contributed by atoms with E-state index in [1.165, 1.54) is 19.2 Å². The molecule has 0 unspecified atom stereocenters. The molecular formula is C22H24N2O5S. The summed E-state index contributed by atoms with van der Waals surface area (Å²) in [6, 6.07) is 15.8. The van der Waals surface area contributed by atoms with Crippen LogP contribution < -0.4 is 0 Å². The minimum Gasteiger partial charge on any atom is -0.443 e. The van der Waals surface area contributed by atoms with Crippen LogP contribution in [0.5, 0.6) is 0 Å². The lowest BCUT2D eigenvalue weighted by molar-refractivity contribution is 0.0420. The largest absolute Gasteiger partial charge is 0.443 e. The van der Waals surface area contributed by atoms with Gasteiger partial charge in [-0.05, 0) is 45.4 Å². The summed E-state index contributed by atoms with van der Waals surface area (Å²) in [4.78, 5) is 12.2. The van der Waals surface area contributed by atoms with Crippen LogP contribution >= 0.6 is 0 Å². The Morgan fingerprint density at radius 3 is 2.17 bits per heavy atom. The van der Waals surface area contributed by atoms with Crippen molar-refractivity contribution in [1.82, 2.24) is 9.46 Å². The molecule has 0 aliphatic heterocycles. The van der Waals surface area contributed by atoms with Gasteiger partial charge in [-0.1, -0.05) is 47.6 Å². The highest BCUT2D eigenvalue weighted by atomic mass is 32.2. The van der Waals surface area contributed by atoms with Gasteiger partial charge in [0.05, 0.1) is 10.5 Å². The number of nitrogens with zero attached hydrogens (tertiary/aromatic N) is 2. The zero-order chi connectivity index (χ0) is 22.1. The lowest BCUT2D eigenvalue weighted by Gasteiger charge is -2.24. The molecule has 0 atom stereocenters. The van der Waals surface area contributed by atoms with Crippen molar-refractivity contribution >= 4 is 16.1 Å². The van der Waals surface area contributed by atoms with Crippen molar-refractivity contribution in [3.63, 3.8) is 0 Å². The maximum atomic E-state index is 12.8. The molecule has 0 N–H and O–H groups in total. The molecule has 1 heterocycles. The fourth-order valence-electron chi connectivity index (χ4n) is 2.88. The normalized spacial score (nSPS) is 11.9. The fourth-order valence-corrected chi connectivity index (χ4v) is 3.91. The first-order valence-corrected chi connectivity index (χ1v) is 10.8. The Bertz CT molecular complexity index is 1140. The molecule has 0 fully saturated rings. The molecule has 0 aliphatic rings. The number of amides is 1. The second kappa shape index (κ2) is 7.95. The SMILES string of the molecule is Cc1onc(-c2ccccc2)c1-c1ccc(S(=O)(=O)N(C)C(=O)OC(C)(C)C)cc1. The Morgan fingerprint density at radius 2 is 1.60 bits per heavy atom. The molecule has 0 saturated carbocycles. The van der Waals surface area contributed by atoms with Gasteiger partial charge in [0, 0.05) is 12.6 Å². The number of carbonyl (C=O) groups is 1. The molecule has 2 aromatic carbocycles. The van der Waals surface area contributed by atoms with Crippen molar-refractivity contribution in [3.8, 4) is 22.4 Å². The van der Waals surface area contributed by atoms with Gasteiger partial charge in [0.25, 0.3) is 10.0 Å². The van der Waals surface area contributed by atoms with Crippen molar-refractivity contribution in [2.24, 2.45) is 0 Å². The number of aromatic nitrogens is 1. The van der Waals surface area contributed by atoms with Gasteiger partial charge in [-0.15, -0.1) is 0 Å². The third-order valence-corrected chi connectivity index (χ3v) is 6.10. The number of aryl methyl sites for hydroxylation is 1. The lowest BCUT2D eigenvalue weighted by Crippen LogP contribution is -2.38. The molecule has 158 valence electrons. The van der Waals surface area contributed by atoms with Crippen molar-refractivity contribution in [2.45, 2.75) is 38.2 Å². The molecule has 3 rings (SSSR count). The van der Waals surface area contributed by atoms with Crippen molar-refractivity contribution < 1.29 is 22.5 Å². The van der Waals surface area contributed by atoms with Gasteiger partial charge in [-0.2, -0.15) is 0 Å². The van der Waals surface area contributed by atoms with Crippen LogP contribution in [0.4, 0.5) is 4.79 Å². The van der Waals surface area contributed by atoms with Gasteiger partial charge >= 0.3 is 6.09 Å². The number of hydrogen-bond donors (Lipinski definition) is 0. The van der Waals surface area contributed by atoms with Gasteiger partial charge in [-0.25, -0.2) is 17.5 Å². The molecular weight excluding hydrogens is 404 g/mol. The van der Waals surface area contributed by atoms with E-state index in [0.717, 1.165) is 16.7 Å². The lowest BCUT2D eigenvalue weighted by atomic mass is 10.00. The van der Waals surface area contributed by atoms with Gasteiger partial charge < -0.3 is 9.26 Å². The van der Waals surface area contributed by atoms with E-state index < -0.39 is 21.7 Å². The van der Waals surface area contributed by atoms with E-state index in [9.17, 15) is 13.2 Å². The van der Waals surface area contributed by atoms with Crippen LogP contribution in [0.2, 0.25) is 0 Å². The van der Waals surface area contributed by atoms with Gasteiger partial charge in [0.15, 0.2) is 0 Å². The van der Waals surface area contributed by atoms with Gasteiger partial charge in [0.1, 0.15) is 17.1 Å². The fraction of sp³-hybridized carbons (Fsp3) is 0.273. The molecule has 0 radical (unpaired) electrons. The summed E-state index contributed by atoms with van der Waals surface area (Å²) >= 11 is 0. The van der Waals surface area contributed by atoms with E-state index in [1.807, 2.05) is 30.3 Å². The predicted octanol–water partition coefficient (Wildman–Crippen LogP) is 4.87. The van der Waals surface area contributed by atoms with Crippen molar-refractivity contribution in [3.05, 3.63) is 60.4 Å². The van der Waals surface area contributed by atoms with Gasteiger partial charge in [0.2, 0.25) is 0 Å². The molecule has 0 bridgehead atoms. The quantitative estimate of drug-likeness (QED) is 0.589. The van der Waals surface area contributed by atoms with E-state index in [2.05, 4.69) is 5.16 Å². The number of sulfonamides is 1. The highest BCUT2D eigenvalue weighted by Gasteiger charge is 2.30. The molecule has 0 saturated heterocycles. The minimum absolute atomic E-state index is 0.0185. The highest BCUT2D eigenvalue weighted by Crippen LogP contribution is 2.34.